The molecule has 0 unspecified atom stereocenters. The van der Waals surface area contributed by atoms with Crippen LogP contribution in [0, 0.1) is 55.0 Å². The third-order valence-corrected chi connectivity index (χ3v) is 7.04. The predicted octanol–water partition coefficient (Wildman–Crippen LogP) is 5.47. The number of pyridine rings is 1. The molecule has 8 nitrogen and oxygen atoms in total. The van der Waals surface area contributed by atoms with E-state index in [1.807, 2.05) is 80.8 Å². The second-order valence-electron chi connectivity index (χ2n) is 10.4. The van der Waals surface area contributed by atoms with E-state index >= 15 is 0 Å². The molecule has 4 aromatic carbocycles. The summed E-state index contributed by atoms with van der Waals surface area (Å²) in [4.78, 5) is 8.19. The van der Waals surface area contributed by atoms with E-state index in [1.165, 1.54) is 9.13 Å². The molecule has 0 aliphatic rings. The molecule has 4 aromatic heterocycles. The summed E-state index contributed by atoms with van der Waals surface area (Å²) in [5.41, 5.74) is 4.49. The monoisotopic (exact) mass is 838 g/mol. The molecule has 8 aromatic rings. The van der Waals surface area contributed by atoms with E-state index in [4.69, 9.17) is 0 Å². The summed E-state index contributed by atoms with van der Waals surface area (Å²) in [6.07, 6.45) is 7.65. The standard InChI is InChI=1S/2C14H9F2N2.C8H7N4.Ir/c2*1-17-9-18(14-5-3-2-4-13(14)17)12-7-6-10(15)8-11(12)16;1-6-10-8(12-11-6)7-4-2-3-5-9-7;/h2*2-6,8H,1H3;2-5H,1H3;/q3*-1;. The van der Waals surface area contributed by atoms with Crippen molar-refractivity contribution in [2.45, 2.75) is 6.92 Å². The first kappa shape index (κ1) is 34.8. The Morgan fingerprint density at radius 2 is 1.18 bits per heavy atom. The molecule has 249 valence electrons. The van der Waals surface area contributed by atoms with Crippen LogP contribution in [-0.2, 0) is 34.2 Å². The van der Waals surface area contributed by atoms with E-state index in [2.05, 4.69) is 45.0 Å². The van der Waals surface area contributed by atoms with Crippen LogP contribution in [-0.4, -0.2) is 24.2 Å². The van der Waals surface area contributed by atoms with Crippen molar-refractivity contribution >= 4 is 22.1 Å². The second-order valence-corrected chi connectivity index (χ2v) is 10.4. The maximum absolute atomic E-state index is 13.8. The van der Waals surface area contributed by atoms with Crippen LogP contribution in [0.4, 0.5) is 17.6 Å². The minimum Gasteiger partial charge on any atom is -0.421 e. The molecule has 0 spiro atoms. The van der Waals surface area contributed by atoms with Gasteiger partial charge in [-0.2, -0.15) is 12.1 Å². The summed E-state index contributed by atoms with van der Waals surface area (Å²) in [7, 11) is 3.64. The number of halogens is 4. The number of aryl methyl sites for hydroxylation is 3. The van der Waals surface area contributed by atoms with Gasteiger partial charge >= 0.3 is 0 Å². The van der Waals surface area contributed by atoms with E-state index in [9.17, 15) is 17.6 Å². The van der Waals surface area contributed by atoms with Crippen LogP contribution in [0.5, 0.6) is 0 Å². The Hall–Kier alpha value is -5.52. The van der Waals surface area contributed by atoms with Gasteiger partial charge in [0.2, 0.25) is 12.7 Å². The van der Waals surface area contributed by atoms with Gasteiger partial charge in [-0.1, -0.05) is 54.6 Å². The first-order valence-corrected chi connectivity index (χ1v) is 14.5. The number of hydrogen-bond acceptors (Lipinski definition) is 3. The molecule has 49 heavy (non-hydrogen) atoms. The largest absolute Gasteiger partial charge is 0.421 e. The fourth-order valence-electron chi connectivity index (χ4n) is 4.87. The Labute approximate surface area is 292 Å². The van der Waals surface area contributed by atoms with Crippen LogP contribution in [0.3, 0.4) is 0 Å². The van der Waals surface area contributed by atoms with Crippen LogP contribution in [0.2, 0.25) is 0 Å². The summed E-state index contributed by atoms with van der Waals surface area (Å²) in [5.74, 6) is -1.34. The summed E-state index contributed by atoms with van der Waals surface area (Å²) >= 11 is 0. The molecule has 0 N–H and O–H groups in total. The molecule has 8 rings (SSSR count). The Bertz CT molecular complexity index is 2220. The molecule has 13 heteroatoms. The number of imidazole rings is 2. The predicted molar refractivity (Wildman–Crippen MR) is 167 cm³/mol. The third kappa shape index (κ3) is 7.64. The average Bonchev–Trinajstić information content (AvgIpc) is 3.77. The smallest absolute Gasteiger partial charge is 0.242 e. The van der Waals surface area contributed by atoms with Gasteiger partial charge in [-0.05, 0) is 36.3 Å². The van der Waals surface area contributed by atoms with Crippen LogP contribution >= 0.6 is 0 Å². The van der Waals surface area contributed by atoms with Gasteiger partial charge in [0.1, 0.15) is 0 Å². The number of rotatable bonds is 3. The molecule has 0 saturated heterocycles. The van der Waals surface area contributed by atoms with E-state index in [1.54, 1.807) is 22.3 Å². The SMILES string of the molecule is C[n+]1[c-]n(-c2[c-]cc(F)cc2F)c2ccccc21.C[n+]1[c-]n(-c2[c-]cc(F)cc2F)c2ccccc21.Cc1n[n-]c(-c2ccccn2)n1.[Ir]. The molecular formula is C36H25F4IrN8-3. The molecule has 0 fully saturated rings. The van der Waals surface area contributed by atoms with Crippen LogP contribution in [0.25, 0.3) is 45.0 Å². The minimum absolute atomic E-state index is 0. The summed E-state index contributed by atoms with van der Waals surface area (Å²) in [6.45, 7) is 1.80. The molecule has 0 aliphatic heterocycles. The zero-order valence-corrected chi connectivity index (χ0v) is 28.6. The molecule has 0 atom stereocenters. The first-order chi connectivity index (χ1) is 23.2. The Morgan fingerprint density at radius 1 is 0.694 bits per heavy atom. The van der Waals surface area contributed by atoms with E-state index in [0.717, 1.165) is 52.0 Å². The fourth-order valence-corrected chi connectivity index (χ4v) is 4.87. The van der Waals surface area contributed by atoms with Crippen molar-refractivity contribution in [2.24, 2.45) is 14.1 Å². The van der Waals surface area contributed by atoms with Crippen molar-refractivity contribution in [3.8, 4) is 22.9 Å². The normalized spacial score (nSPS) is 10.6. The Kier molecular flexibility index (Phi) is 10.8. The topological polar surface area (TPSA) is 70.4 Å². The Balaban J connectivity index is 0.000000145. The zero-order valence-electron chi connectivity index (χ0n) is 26.2. The van der Waals surface area contributed by atoms with Crippen LogP contribution in [0.1, 0.15) is 5.82 Å². The van der Waals surface area contributed by atoms with Gasteiger partial charge in [0.05, 0.1) is 41.9 Å². The van der Waals surface area contributed by atoms with Gasteiger partial charge < -0.3 is 28.4 Å². The number of fused-ring (bicyclic) bond motifs is 2. The van der Waals surface area contributed by atoms with Crippen molar-refractivity contribution in [3.63, 3.8) is 0 Å². The van der Waals surface area contributed by atoms with Crippen molar-refractivity contribution in [2.75, 3.05) is 0 Å². The molecule has 0 saturated carbocycles. The number of benzene rings is 4. The van der Waals surface area contributed by atoms with Gasteiger partial charge in [-0.15, -0.1) is 24.3 Å². The van der Waals surface area contributed by atoms with E-state index < -0.39 is 23.3 Å². The molecule has 0 aliphatic carbocycles. The summed E-state index contributed by atoms with van der Waals surface area (Å²) in [6, 6.07) is 29.7. The molecular weight excluding hydrogens is 813 g/mol. The fraction of sp³-hybridized carbons (Fsp3) is 0.0833. The van der Waals surface area contributed by atoms with Crippen molar-refractivity contribution in [1.82, 2.24) is 29.3 Å². The molecule has 0 amide bonds. The van der Waals surface area contributed by atoms with Crippen molar-refractivity contribution in [3.05, 3.63) is 151 Å². The van der Waals surface area contributed by atoms with Gasteiger partial charge in [0.15, 0.2) is 0 Å². The van der Waals surface area contributed by atoms with Crippen molar-refractivity contribution < 1.29 is 46.8 Å². The molecule has 1 radical (unpaired) electrons. The molecule has 4 heterocycles. The van der Waals surface area contributed by atoms with Crippen molar-refractivity contribution in [1.29, 1.82) is 0 Å². The zero-order chi connectivity index (χ0) is 33.8. The van der Waals surface area contributed by atoms with Gasteiger partial charge in [-0.25, -0.2) is 0 Å². The number of nitrogens with zero attached hydrogens (tertiary/aromatic N) is 8. The third-order valence-electron chi connectivity index (χ3n) is 7.04. The maximum Gasteiger partial charge on any atom is 0.242 e. The van der Waals surface area contributed by atoms with Gasteiger partial charge in [0, 0.05) is 55.4 Å². The summed E-state index contributed by atoms with van der Waals surface area (Å²) in [5, 5.41) is 7.65. The van der Waals surface area contributed by atoms with Crippen LogP contribution in [0.15, 0.2) is 97.2 Å². The second kappa shape index (κ2) is 15.1. The average molecular weight is 838 g/mol. The molecule has 0 bridgehead atoms. The Morgan fingerprint density at radius 3 is 1.61 bits per heavy atom. The van der Waals surface area contributed by atoms with Crippen LogP contribution < -0.4 is 14.2 Å². The van der Waals surface area contributed by atoms with Gasteiger partial charge in [-0.3, -0.25) is 27.6 Å². The quantitative estimate of drug-likeness (QED) is 0.135. The number of hydrogen-bond donors (Lipinski definition) is 0. The van der Waals surface area contributed by atoms with Gasteiger partial charge in [0.25, 0.3) is 0 Å². The summed E-state index contributed by atoms with van der Waals surface area (Å²) < 4.78 is 59.9. The maximum atomic E-state index is 13.8. The number of aromatic nitrogens is 8. The minimum atomic E-state index is -0.660. The number of para-hydroxylation sites is 4. The first-order valence-electron chi connectivity index (χ1n) is 14.5. The van der Waals surface area contributed by atoms with E-state index in [-0.39, 0.29) is 31.5 Å². The van der Waals surface area contributed by atoms with E-state index in [0.29, 0.717) is 11.6 Å².